The number of aromatic nitrogens is 3. The molecule has 0 radical (unpaired) electrons. The van der Waals surface area contributed by atoms with Crippen LogP contribution in [0.25, 0.3) is 5.69 Å². The number of thioether (sulfide) groups is 1. The lowest BCUT2D eigenvalue weighted by molar-refractivity contribution is 0.0923. The SMILES string of the molecule is Cc1nc(C(=O)NC2CSCC2C)nn1-c1c(Cl)cccc1Cl. The standard InChI is InChI=1S/C15H16Cl2N4OS/c1-8-6-23-7-12(8)19-15(22)14-18-9(2)21(20-14)13-10(16)4-3-5-11(13)17/h3-5,8,12H,6-7H2,1-2H3,(H,19,22). The van der Waals surface area contributed by atoms with E-state index in [1.165, 1.54) is 4.68 Å². The molecule has 8 heteroatoms. The number of hydrogen-bond acceptors (Lipinski definition) is 4. The summed E-state index contributed by atoms with van der Waals surface area (Å²) < 4.78 is 1.51. The van der Waals surface area contributed by atoms with E-state index < -0.39 is 0 Å². The molecule has 1 aliphatic rings. The molecule has 1 aliphatic heterocycles. The van der Waals surface area contributed by atoms with Gasteiger partial charge in [0, 0.05) is 11.8 Å². The van der Waals surface area contributed by atoms with E-state index >= 15 is 0 Å². The maximum Gasteiger partial charge on any atom is 0.291 e. The Balaban J connectivity index is 1.87. The van der Waals surface area contributed by atoms with Crippen LogP contribution in [-0.2, 0) is 0 Å². The molecule has 1 aromatic heterocycles. The molecule has 0 bridgehead atoms. The molecule has 1 saturated heterocycles. The Morgan fingerprint density at radius 3 is 2.65 bits per heavy atom. The van der Waals surface area contributed by atoms with Crippen LogP contribution in [0.1, 0.15) is 23.4 Å². The van der Waals surface area contributed by atoms with Gasteiger partial charge in [0.2, 0.25) is 5.82 Å². The number of carbonyl (C=O) groups excluding carboxylic acids is 1. The fourth-order valence-electron chi connectivity index (χ4n) is 2.47. The van der Waals surface area contributed by atoms with E-state index in [-0.39, 0.29) is 17.8 Å². The first-order valence-electron chi connectivity index (χ1n) is 7.24. The molecular formula is C15H16Cl2N4OS. The van der Waals surface area contributed by atoms with Crippen molar-refractivity contribution < 1.29 is 4.79 Å². The summed E-state index contributed by atoms with van der Waals surface area (Å²) in [6, 6.07) is 5.36. The molecule has 5 nitrogen and oxygen atoms in total. The highest BCUT2D eigenvalue weighted by Gasteiger charge is 2.27. The zero-order valence-corrected chi connectivity index (χ0v) is 15.0. The maximum atomic E-state index is 12.4. The fraction of sp³-hybridized carbons (Fsp3) is 0.400. The van der Waals surface area contributed by atoms with E-state index in [4.69, 9.17) is 23.2 Å². The number of para-hydroxylation sites is 1. The number of halogens is 2. The summed E-state index contributed by atoms with van der Waals surface area (Å²) in [5.74, 6) is 2.84. The number of hydrogen-bond donors (Lipinski definition) is 1. The number of nitrogens with one attached hydrogen (secondary N) is 1. The molecular weight excluding hydrogens is 355 g/mol. The van der Waals surface area contributed by atoms with Gasteiger partial charge in [-0.15, -0.1) is 5.10 Å². The highest BCUT2D eigenvalue weighted by Crippen LogP contribution is 2.28. The minimum atomic E-state index is -0.269. The third-order valence-electron chi connectivity index (χ3n) is 3.80. The predicted molar refractivity (Wildman–Crippen MR) is 93.9 cm³/mol. The monoisotopic (exact) mass is 370 g/mol. The van der Waals surface area contributed by atoms with E-state index in [1.54, 1.807) is 25.1 Å². The molecule has 2 heterocycles. The Hall–Kier alpha value is -1.24. The second-order valence-corrected chi connectivity index (χ2v) is 7.45. The largest absolute Gasteiger partial charge is 0.345 e. The van der Waals surface area contributed by atoms with E-state index in [2.05, 4.69) is 22.3 Å². The van der Waals surface area contributed by atoms with Crippen LogP contribution in [0.15, 0.2) is 18.2 Å². The first kappa shape index (κ1) is 16.6. The maximum absolute atomic E-state index is 12.4. The van der Waals surface area contributed by atoms with Crippen molar-refractivity contribution in [2.45, 2.75) is 19.9 Å². The van der Waals surface area contributed by atoms with Gasteiger partial charge in [-0.05, 0) is 30.7 Å². The molecule has 2 unspecified atom stereocenters. The van der Waals surface area contributed by atoms with Crippen LogP contribution >= 0.6 is 35.0 Å². The number of amides is 1. The van der Waals surface area contributed by atoms with Crippen LogP contribution in [0, 0.1) is 12.8 Å². The van der Waals surface area contributed by atoms with Gasteiger partial charge in [-0.25, -0.2) is 9.67 Å². The molecule has 0 saturated carbocycles. The van der Waals surface area contributed by atoms with Crippen molar-refractivity contribution in [2.75, 3.05) is 11.5 Å². The van der Waals surface area contributed by atoms with Gasteiger partial charge in [-0.1, -0.05) is 36.2 Å². The van der Waals surface area contributed by atoms with E-state index in [9.17, 15) is 4.79 Å². The number of rotatable bonds is 3. The van der Waals surface area contributed by atoms with Gasteiger partial charge >= 0.3 is 0 Å². The third kappa shape index (κ3) is 3.34. The molecule has 1 N–H and O–H groups in total. The van der Waals surface area contributed by atoms with Crippen molar-refractivity contribution in [1.82, 2.24) is 20.1 Å². The summed E-state index contributed by atoms with van der Waals surface area (Å²) in [6.07, 6.45) is 0. The Morgan fingerprint density at radius 1 is 1.35 bits per heavy atom. The molecule has 122 valence electrons. The van der Waals surface area contributed by atoms with Gasteiger partial charge in [0.1, 0.15) is 11.5 Å². The molecule has 0 spiro atoms. The topological polar surface area (TPSA) is 59.8 Å². The third-order valence-corrected chi connectivity index (χ3v) is 5.77. The summed E-state index contributed by atoms with van der Waals surface area (Å²) >= 11 is 14.3. The minimum Gasteiger partial charge on any atom is -0.345 e. The molecule has 2 aromatic rings. The van der Waals surface area contributed by atoms with E-state index in [0.717, 1.165) is 11.5 Å². The van der Waals surface area contributed by atoms with E-state index in [0.29, 0.717) is 27.5 Å². The number of carbonyl (C=O) groups is 1. The Kier molecular flexibility index (Phi) is 4.85. The average Bonchev–Trinajstić information content (AvgIpc) is 3.06. The van der Waals surface area contributed by atoms with Crippen LogP contribution in [0.4, 0.5) is 0 Å². The van der Waals surface area contributed by atoms with Gasteiger partial charge < -0.3 is 5.32 Å². The molecule has 1 fully saturated rings. The second-order valence-electron chi connectivity index (χ2n) is 5.56. The first-order valence-corrected chi connectivity index (χ1v) is 9.15. The first-order chi connectivity index (χ1) is 11.0. The van der Waals surface area contributed by atoms with E-state index in [1.807, 2.05) is 11.8 Å². The molecule has 0 aliphatic carbocycles. The van der Waals surface area contributed by atoms with Crippen molar-refractivity contribution in [3.8, 4) is 5.69 Å². The Bertz CT molecular complexity index is 729. The van der Waals surface area contributed by atoms with Crippen molar-refractivity contribution >= 4 is 40.9 Å². The van der Waals surface area contributed by atoms with Crippen molar-refractivity contribution in [3.63, 3.8) is 0 Å². The van der Waals surface area contributed by atoms with Crippen LogP contribution in [0.2, 0.25) is 10.0 Å². The summed E-state index contributed by atoms with van der Waals surface area (Å²) in [5.41, 5.74) is 0.532. The van der Waals surface area contributed by atoms with Gasteiger partial charge in [0.15, 0.2) is 0 Å². The number of aryl methyl sites for hydroxylation is 1. The lowest BCUT2D eigenvalue weighted by Crippen LogP contribution is -2.39. The number of benzene rings is 1. The molecule has 1 amide bonds. The molecule has 23 heavy (non-hydrogen) atoms. The van der Waals surface area contributed by atoms with Crippen molar-refractivity contribution in [2.24, 2.45) is 5.92 Å². The smallest absolute Gasteiger partial charge is 0.291 e. The van der Waals surface area contributed by atoms with Crippen molar-refractivity contribution in [3.05, 3.63) is 39.9 Å². The summed E-state index contributed by atoms with van der Waals surface area (Å²) in [4.78, 5) is 16.6. The average molecular weight is 371 g/mol. The lowest BCUT2D eigenvalue weighted by Gasteiger charge is -2.14. The van der Waals surface area contributed by atoms with Crippen molar-refractivity contribution in [1.29, 1.82) is 0 Å². The minimum absolute atomic E-state index is 0.127. The summed E-state index contributed by atoms with van der Waals surface area (Å²) in [5, 5.41) is 8.20. The van der Waals surface area contributed by atoms with Crippen LogP contribution in [-0.4, -0.2) is 38.2 Å². The predicted octanol–water partition coefficient (Wildman–Crippen LogP) is 3.36. The Labute approximate surface area is 148 Å². The molecule has 1 aromatic carbocycles. The quantitative estimate of drug-likeness (QED) is 0.899. The molecule has 2 atom stereocenters. The fourth-order valence-corrected chi connectivity index (χ4v) is 4.43. The van der Waals surface area contributed by atoms with Gasteiger partial charge in [0.05, 0.1) is 10.0 Å². The Morgan fingerprint density at radius 2 is 2.04 bits per heavy atom. The van der Waals surface area contributed by atoms with Gasteiger partial charge in [0.25, 0.3) is 5.91 Å². The van der Waals surface area contributed by atoms with Gasteiger partial charge in [-0.3, -0.25) is 4.79 Å². The number of nitrogens with zero attached hydrogens (tertiary/aromatic N) is 3. The zero-order valence-electron chi connectivity index (χ0n) is 12.7. The lowest BCUT2D eigenvalue weighted by atomic mass is 10.1. The zero-order chi connectivity index (χ0) is 16.6. The second kappa shape index (κ2) is 6.71. The highest BCUT2D eigenvalue weighted by atomic mass is 35.5. The normalized spacial score (nSPS) is 20.7. The summed E-state index contributed by atoms with van der Waals surface area (Å²) in [6.45, 7) is 3.89. The van der Waals surface area contributed by atoms with Crippen LogP contribution < -0.4 is 5.32 Å². The molecule has 3 rings (SSSR count). The van der Waals surface area contributed by atoms with Crippen LogP contribution in [0.3, 0.4) is 0 Å². The summed E-state index contributed by atoms with van der Waals surface area (Å²) in [7, 11) is 0. The van der Waals surface area contributed by atoms with Gasteiger partial charge in [-0.2, -0.15) is 11.8 Å². The van der Waals surface area contributed by atoms with Crippen LogP contribution in [0.5, 0.6) is 0 Å². The highest BCUT2D eigenvalue weighted by molar-refractivity contribution is 7.99.